The van der Waals surface area contributed by atoms with E-state index in [2.05, 4.69) is 6.92 Å². The molecule has 0 heterocycles. The van der Waals surface area contributed by atoms with E-state index in [4.69, 9.17) is 4.74 Å². The van der Waals surface area contributed by atoms with Crippen LogP contribution in [-0.4, -0.2) is 18.1 Å². The number of hydrogen-bond donors (Lipinski definition) is 2. The SMILES string of the molecule is CCCCCCCCCCCCCc1cc(S(=O)(=O)O)c(Oc2ccccc2)cc1O. The Balaban J connectivity index is 1.84. The van der Waals surface area contributed by atoms with Gasteiger partial charge in [0.25, 0.3) is 10.1 Å². The Morgan fingerprint density at radius 1 is 0.806 bits per heavy atom. The van der Waals surface area contributed by atoms with Crippen LogP contribution in [0.5, 0.6) is 17.2 Å². The number of unbranched alkanes of at least 4 members (excludes halogenated alkanes) is 10. The Morgan fingerprint density at radius 2 is 1.35 bits per heavy atom. The van der Waals surface area contributed by atoms with Gasteiger partial charge in [-0.25, -0.2) is 0 Å². The quantitative estimate of drug-likeness (QED) is 0.221. The van der Waals surface area contributed by atoms with Gasteiger partial charge >= 0.3 is 0 Å². The third kappa shape index (κ3) is 9.32. The lowest BCUT2D eigenvalue weighted by Crippen LogP contribution is -2.03. The third-order valence-corrected chi connectivity index (χ3v) is 6.32. The highest BCUT2D eigenvalue weighted by atomic mass is 32.2. The van der Waals surface area contributed by atoms with Crippen LogP contribution in [0, 0.1) is 0 Å². The summed E-state index contributed by atoms with van der Waals surface area (Å²) >= 11 is 0. The van der Waals surface area contributed by atoms with Gasteiger partial charge in [0.05, 0.1) is 0 Å². The van der Waals surface area contributed by atoms with E-state index in [1.165, 1.54) is 63.5 Å². The molecule has 0 spiro atoms. The Labute approximate surface area is 187 Å². The summed E-state index contributed by atoms with van der Waals surface area (Å²) in [5.41, 5.74) is 0.504. The van der Waals surface area contributed by atoms with Crippen LogP contribution in [0.3, 0.4) is 0 Å². The summed E-state index contributed by atoms with van der Waals surface area (Å²) in [5.74, 6) is 0.309. The van der Waals surface area contributed by atoms with Crippen molar-refractivity contribution in [3.63, 3.8) is 0 Å². The molecule has 0 radical (unpaired) electrons. The fourth-order valence-electron chi connectivity index (χ4n) is 3.67. The third-order valence-electron chi connectivity index (χ3n) is 5.44. The first-order valence-electron chi connectivity index (χ1n) is 11.5. The molecule has 0 unspecified atom stereocenters. The molecule has 2 N–H and O–H groups in total. The second-order valence-electron chi connectivity index (χ2n) is 8.10. The zero-order chi connectivity index (χ0) is 22.5. The van der Waals surface area contributed by atoms with E-state index in [1.807, 2.05) is 6.07 Å². The van der Waals surface area contributed by atoms with E-state index in [1.54, 1.807) is 24.3 Å². The van der Waals surface area contributed by atoms with Gasteiger partial charge in [0.2, 0.25) is 0 Å². The number of phenolic OH excluding ortho intramolecular Hbond substituents is 1. The molecular weight excluding hydrogens is 412 g/mol. The highest BCUT2D eigenvalue weighted by Crippen LogP contribution is 2.35. The smallest absolute Gasteiger partial charge is 0.298 e. The molecule has 0 aliphatic rings. The van der Waals surface area contributed by atoms with Crippen LogP contribution in [0.4, 0.5) is 0 Å². The van der Waals surface area contributed by atoms with Gasteiger partial charge in [-0.15, -0.1) is 0 Å². The highest BCUT2D eigenvalue weighted by molar-refractivity contribution is 7.86. The first-order valence-corrected chi connectivity index (χ1v) is 12.9. The first-order chi connectivity index (χ1) is 14.9. The predicted octanol–water partition coefficient (Wildman–Crippen LogP) is 7.28. The van der Waals surface area contributed by atoms with E-state index >= 15 is 0 Å². The lowest BCUT2D eigenvalue weighted by molar-refractivity contribution is 0.433. The zero-order valence-corrected chi connectivity index (χ0v) is 19.4. The maximum absolute atomic E-state index is 11.9. The van der Waals surface area contributed by atoms with Gasteiger partial charge in [-0.3, -0.25) is 4.55 Å². The van der Waals surface area contributed by atoms with Crippen molar-refractivity contribution in [1.29, 1.82) is 0 Å². The number of aryl methyl sites for hydroxylation is 1. The second-order valence-corrected chi connectivity index (χ2v) is 9.49. The van der Waals surface area contributed by atoms with Gasteiger partial charge in [0.1, 0.15) is 16.4 Å². The number of aromatic hydroxyl groups is 1. The normalized spacial score (nSPS) is 11.5. The number of rotatable bonds is 15. The first kappa shape index (κ1) is 25.2. The Morgan fingerprint density at radius 3 is 1.90 bits per heavy atom. The molecule has 0 saturated heterocycles. The molecule has 0 atom stereocenters. The Bertz CT molecular complexity index is 878. The fourth-order valence-corrected chi connectivity index (χ4v) is 4.31. The van der Waals surface area contributed by atoms with Gasteiger partial charge in [-0.05, 0) is 36.6 Å². The van der Waals surface area contributed by atoms with Gasteiger partial charge < -0.3 is 9.84 Å². The van der Waals surface area contributed by atoms with Gasteiger partial charge in [0, 0.05) is 6.07 Å². The Kier molecular flexibility index (Phi) is 10.9. The van der Waals surface area contributed by atoms with Crippen LogP contribution in [-0.2, 0) is 16.5 Å². The summed E-state index contributed by atoms with van der Waals surface area (Å²) in [7, 11) is -4.48. The summed E-state index contributed by atoms with van der Waals surface area (Å²) in [5, 5.41) is 10.4. The molecule has 5 nitrogen and oxygen atoms in total. The molecule has 0 fully saturated rings. The summed E-state index contributed by atoms with van der Waals surface area (Å²) in [6, 6.07) is 11.2. The van der Waals surface area contributed by atoms with Crippen LogP contribution < -0.4 is 4.74 Å². The van der Waals surface area contributed by atoms with Crippen LogP contribution in [0.25, 0.3) is 0 Å². The monoisotopic (exact) mass is 448 g/mol. The molecule has 172 valence electrons. The van der Waals surface area contributed by atoms with Crippen LogP contribution in [0.2, 0.25) is 0 Å². The maximum Gasteiger partial charge on any atom is 0.298 e. The van der Waals surface area contributed by atoms with Crippen molar-refractivity contribution in [2.24, 2.45) is 0 Å². The number of hydrogen-bond acceptors (Lipinski definition) is 4. The molecule has 2 aromatic rings. The van der Waals surface area contributed by atoms with Crippen LogP contribution in [0.15, 0.2) is 47.4 Å². The van der Waals surface area contributed by atoms with Crippen LogP contribution in [0.1, 0.15) is 83.1 Å². The summed E-state index contributed by atoms with van der Waals surface area (Å²) in [4.78, 5) is -0.327. The van der Waals surface area contributed by atoms with Crippen molar-refractivity contribution < 1.29 is 22.8 Å². The van der Waals surface area contributed by atoms with E-state index in [0.717, 1.165) is 19.3 Å². The molecule has 0 amide bonds. The lowest BCUT2D eigenvalue weighted by atomic mass is 10.0. The standard InChI is InChI=1S/C25H36O5S/c1-2-3-4-5-6-7-8-9-10-11-13-16-21-19-25(31(27,28)29)24(20-23(21)26)30-22-17-14-12-15-18-22/h12,14-15,17-20,26H,2-11,13,16H2,1H3,(H,27,28,29). The van der Waals surface area contributed by atoms with E-state index in [9.17, 15) is 18.1 Å². The summed E-state index contributed by atoms with van der Waals surface area (Å²) in [6.45, 7) is 2.23. The minimum Gasteiger partial charge on any atom is -0.508 e. The summed E-state index contributed by atoms with van der Waals surface area (Å²) < 4.78 is 38.9. The molecule has 6 heteroatoms. The van der Waals surface area contributed by atoms with Crippen molar-refractivity contribution in [2.45, 2.75) is 88.9 Å². The van der Waals surface area contributed by atoms with E-state index in [0.29, 0.717) is 17.7 Å². The largest absolute Gasteiger partial charge is 0.508 e. The van der Waals surface area contributed by atoms with Crippen molar-refractivity contribution in [1.82, 2.24) is 0 Å². The molecule has 0 aliphatic heterocycles. The lowest BCUT2D eigenvalue weighted by Gasteiger charge is -2.13. The molecule has 0 bridgehead atoms. The van der Waals surface area contributed by atoms with Gasteiger partial charge in [0.15, 0.2) is 5.75 Å². The van der Waals surface area contributed by atoms with Crippen molar-refractivity contribution >= 4 is 10.1 Å². The molecule has 2 aromatic carbocycles. The van der Waals surface area contributed by atoms with E-state index in [-0.39, 0.29) is 16.4 Å². The van der Waals surface area contributed by atoms with Crippen LogP contribution >= 0.6 is 0 Å². The predicted molar refractivity (Wildman–Crippen MR) is 125 cm³/mol. The number of benzene rings is 2. The number of phenols is 1. The van der Waals surface area contributed by atoms with E-state index < -0.39 is 10.1 Å². The fraction of sp³-hybridized carbons (Fsp3) is 0.520. The molecule has 2 rings (SSSR count). The molecule has 0 aliphatic carbocycles. The summed E-state index contributed by atoms with van der Waals surface area (Å²) in [6.07, 6.45) is 14.0. The molecular formula is C25H36O5S. The van der Waals surface area contributed by atoms with Crippen molar-refractivity contribution in [3.05, 3.63) is 48.0 Å². The minimum absolute atomic E-state index is 0.0228. The average molecular weight is 449 g/mol. The van der Waals surface area contributed by atoms with Crippen molar-refractivity contribution in [2.75, 3.05) is 0 Å². The number of ether oxygens (including phenoxy) is 1. The number of para-hydroxylation sites is 1. The maximum atomic E-state index is 11.9. The molecule has 0 aromatic heterocycles. The molecule has 0 saturated carbocycles. The second kappa shape index (κ2) is 13.4. The molecule has 31 heavy (non-hydrogen) atoms. The Hall–Kier alpha value is -2.05. The average Bonchev–Trinajstić information content (AvgIpc) is 2.73. The van der Waals surface area contributed by atoms with Crippen molar-refractivity contribution in [3.8, 4) is 17.2 Å². The zero-order valence-electron chi connectivity index (χ0n) is 18.6. The minimum atomic E-state index is -4.48. The highest BCUT2D eigenvalue weighted by Gasteiger charge is 2.21. The van der Waals surface area contributed by atoms with Gasteiger partial charge in [-0.2, -0.15) is 8.42 Å². The topological polar surface area (TPSA) is 83.8 Å². The van der Waals surface area contributed by atoms with Gasteiger partial charge in [-0.1, -0.05) is 89.3 Å².